The molecule has 1 aliphatic heterocycles. The number of aryl methyl sites for hydroxylation is 1. The van der Waals surface area contributed by atoms with E-state index in [4.69, 9.17) is 18.9 Å². The molecule has 24 heavy (non-hydrogen) atoms. The lowest BCUT2D eigenvalue weighted by Crippen LogP contribution is -2.47. The summed E-state index contributed by atoms with van der Waals surface area (Å²) in [5.74, 6) is -0.175. The monoisotopic (exact) mass is 339 g/mol. The molecule has 0 unspecified atom stereocenters. The smallest absolute Gasteiger partial charge is 0.315 e. The van der Waals surface area contributed by atoms with Crippen LogP contribution in [0.25, 0.3) is 0 Å². The van der Waals surface area contributed by atoms with Crippen LogP contribution in [-0.2, 0) is 25.5 Å². The van der Waals surface area contributed by atoms with E-state index in [9.17, 15) is 4.79 Å². The summed E-state index contributed by atoms with van der Waals surface area (Å²) in [6.45, 7) is 6.27. The first-order valence-corrected chi connectivity index (χ1v) is 8.59. The van der Waals surface area contributed by atoms with E-state index >= 15 is 0 Å². The maximum Gasteiger partial charge on any atom is 0.315 e. The number of rotatable bonds is 6. The number of aromatic nitrogens is 3. The fraction of sp³-hybridized carbons (Fsp3) is 0.812. The molecule has 1 aromatic rings. The molecule has 1 aromatic heterocycles. The van der Waals surface area contributed by atoms with E-state index < -0.39 is 11.2 Å². The zero-order valence-electron chi connectivity index (χ0n) is 14.3. The predicted molar refractivity (Wildman–Crippen MR) is 83.4 cm³/mol. The molecule has 1 aliphatic carbocycles. The van der Waals surface area contributed by atoms with Crippen molar-refractivity contribution < 1.29 is 23.7 Å². The first kappa shape index (κ1) is 17.2. The Morgan fingerprint density at radius 3 is 2.58 bits per heavy atom. The molecule has 2 aliphatic rings. The van der Waals surface area contributed by atoms with Crippen LogP contribution in [-0.4, -0.2) is 53.2 Å². The fourth-order valence-corrected chi connectivity index (χ4v) is 3.38. The number of carbonyl (C=O) groups is 1. The van der Waals surface area contributed by atoms with Gasteiger partial charge in [-0.3, -0.25) is 4.79 Å². The van der Waals surface area contributed by atoms with E-state index in [1.807, 2.05) is 13.8 Å². The lowest BCUT2D eigenvalue weighted by Gasteiger charge is -2.41. The maximum atomic E-state index is 12.6. The number of hydrogen-bond donors (Lipinski definition) is 0. The SMILES string of the molecule is CCOC(=O)C1(COc2cnnn2CC)CCC2(CC1)OCCO2. The highest BCUT2D eigenvalue weighted by atomic mass is 16.7. The molecule has 1 saturated carbocycles. The largest absolute Gasteiger partial charge is 0.475 e. The molecule has 0 atom stereocenters. The normalized spacial score (nSPS) is 21.8. The zero-order chi connectivity index (χ0) is 17.0. The van der Waals surface area contributed by atoms with Crippen molar-refractivity contribution in [1.82, 2.24) is 15.0 Å². The van der Waals surface area contributed by atoms with Crippen LogP contribution >= 0.6 is 0 Å². The lowest BCUT2D eigenvalue weighted by atomic mass is 9.72. The van der Waals surface area contributed by atoms with Gasteiger partial charge in [0, 0.05) is 19.4 Å². The summed E-state index contributed by atoms with van der Waals surface area (Å²) >= 11 is 0. The van der Waals surface area contributed by atoms with Gasteiger partial charge in [-0.1, -0.05) is 5.21 Å². The molecule has 0 amide bonds. The molecule has 2 fully saturated rings. The number of hydrogen-bond acceptors (Lipinski definition) is 7. The summed E-state index contributed by atoms with van der Waals surface area (Å²) < 4.78 is 24.4. The molecule has 8 heteroatoms. The van der Waals surface area contributed by atoms with E-state index in [0.717, 1.165) is 0 Å². The second kappa shape index (κ2) is 7.06. The Kier molecular flexibility index (Phi) is 5.05. The predicted octanol–water partition coefficient (Wildman–Crippen LogP) is 1.54. The molecule has 1 spiro atoms. The Hall–Kier alpha value is -1.67. The van der Waals surface area contributed by atoms with Crippen LogP contribution in [0.3, 0.4) is 0 Å². The molecule has 8 nitrogen and oxygen atoms in total. The molecule has 0 radical (unpaired) electrons. The number of ether oxygens (including phenoxy) is 4. The van der Waals surface area contributed by atoms with E-state index in [2.05, 4.69) is 10.3 Å². The number of nitrogens with zero attached hydrogens (tertiary/aromatic N) is 3. The van der Waals surface area contributed by atoms with E-state index in [1.54, 1.807) is 10.9 Å². The zero-order valence-corrected chi connectivity index (χ0v) is 14.3. The van der Waals surface area contributed by atoms with Crippen molar-refractivity contribution in [2.45, 2.75) is 51.9 Å². The molecule has 2 heterocycles. The Morgan fingerprint density at radius 2 is 1.96 bits per heavy atom. The van der Waals surface area contributed by atoms with Gasteiger partial charge in [-0.25, -0.2) is 4.68 Å². The summed E-state index contributed by atoms with van der Waals surface area (Å²) in [5, 5.41) is 7.80. The molecule has 3 rings (SSSR count). The van der Waals surface area contributed by atoms with Crippen LogP contribution in [0, 0.1) is 5.41 Å². The molecule has 1 saturated heterocycles. The van der Waals surface area contributed by atoms with Gasteiger partial charge < -0.3 is 18.9 Å². The van der Waals surface area contributed by atoms with Crippen LogP contribution in [0.4, 0.5) is 0 Å². The maximum absolute atomic E-state index is 12.6. The Morgan fingerprint density at radius 1 is 1.25 bits per heavy atom. The molecule has 0 aromatic carbocycles. The molecule has 0 N–H and O–H groups in total. The van der Waals surface area contributed by atoms with Gasteiger partial charge in [0.2, 0.25) is 5.88 Å². The number of carbonyl (C=O) groups excluding carboxylic acids is 1. The van der Waals surface area contributed by atoms with Crippen molar-refractivity contribution in [2.75, 3.05) is 26.4 Å². The second-order valence-corrected chi connectivity index (χ2v) is 6.29. The highest BCUT2D eigenvalue weighted by Gasteiger charge is 2.51. The molecule has 0 bridgehead atoms. The van der Waals surface area contributed by atoms with Crippen molar-refractivity contribution in [3.8, 4) is 5.88 Å². The first-order valence-electron chi connectivity index (χ1n) is 8.59. The second-order valence-electron chi connectivity index (χ2n) is 6.29. The standard InChI is InChI=1S/C16H25N3O5/c1-3-19-13(11-17-18-19)22-12-15(14(20)21-4-2)5-7-16(8-6-15)23-9-10-24-16/h11H,3-10,12H2,1-2H3. The fourth-order valence-electron chi connectivity index (χ4n) is 3.38. The van der Waals surface area contributed by atoms with Gasteiger partial charge in [0.1, 0.15) is 18.2 Å². The van der Waals surface area contributed by atoms with Gasteiger partial charge in [0.15, 0.2) is 5.79 Å². The van der Waals surface area contributed by atoms with Crippen LogP contribution < -0.4 is 4.74 Å². The van der Waals surface area contributed by atoms with Gasteiger partial charge in [0.25, 0.3) is 0 Å². The third-order valence-corrected chi connectivity index (χ3v) is 4.87. The van der Waals surface area contributed by atoms with Gasteiger partial charge in [-0.15, -0.1) is 5.10 Å². The van der Waals surface area contributed by atoms with Crippen molar-refractivity contribution in [3.05, 3.63) is 6.20 Å². The van der Waals surface area contributed by atoms with Gasteiger partial charge in [0.05, 0.1) is 19.8 Å². The van der Waals surface area contributed by atoms with Gasteiger partial charge in [-0.05, 0) is 26.7 Å². The summed E-state index contributed by atoms with van der Waals surface area (Å²) in [6, 6.07) is 0. The lowest BCUT2D eigenvalue weighted by molar-refractivity contribution is -0.202. The van der Waals surface area contributed by atoms with E-state index in [0.29, 0.717) is 57.9 Å². The summed E-state index contributed by atoms with van der Waals surface area (Å²) in [7, 11) is 0. The Bertz CT molecular complexity index is 558. The van der Waals surface area contributed by atoms with Crippen LogP contribution in [0.15, 0.2) is 6.20 Å². The molecule has 134 valence electrons. The van der Waals surface area contributed by atoms with Crippen LogP contribution in [0.5, 0.6) is 5.88 Å². The van der Waals surface area contributed by atoms with Crippen LogP contribution in [0.2, 0.25) is 0 Å². The van der Waals surface area contributed by atoms with Gasteiger partial charge in [-0.2, -0.15) is 0 Å². The quantitative estimate of drug-likeness (QED) is 0.727. The van der Waals surface area contributed by atoms with Crippen molar-refractivity contribution in [3.63, 3.8) is 0 Å². The third kappa shape index (κ3) is 3.25. The van der Waals surface area contributed by atoms with Crippen molar-refractivity contribution in [1.29, 1.82) is 0 Å². The average molecular weight is 339 g/mol. The molecular formula is C16H25N3O5. The minimum Gasteiger partial charge on any atom is -0.475 e. The van der Waals surface area contributed by atoms with Crippen LogP contribution in [0.1, 0.15) is 39.5 Å². The van der Waals surface area contributed by atoms with Gasteiger partial charge >= 0.3 is 5.97 Å². The minimum absolute atomic E-state index is 0.214. The van der Waals surface area contributed by atoms with E-state index in [1.165, 1.54) is 0 Å². The highest BCUT2D eigenvalue weighted by Crippen LogP contribution is 2.45. The Labute approximate surface area is 141 Å². The average Bonchev–Trinajstić information content (AvgIpc) is 3.24. The summed E-state index contributed by atoms with van der Waals surface area (Å²) in [4.78, 5) is 12.6. The first-order chi connectivity index (χ1) is 11.6. The topological polar surface area (TPSA) is 84.7 Å². The van der Waals surface area contributed by atoms with Crippen molar-refractivity contribution in [2.24, 2.45) is 5.41 Å². The third-order valence-electron chi connectivity index (χ3n) is 4.87. The molecular weight excluding hydrogens is 314 g/mol. The summed E-state index contributed by atoms with van der Waals surface area (Å²) in [5.41, 5.74) is -0.681. The summed E-state index contributed by atoms with van der Waals surface area (Å²) in [6.07, 6.45) is 4.12. The van der Waals surface area contributed by atoms with Crippen molar-refractivity contribution >= 4 is 5.97 Å². The van der Waals surface area contributed by atoms with E-state index in [-0.39, 0.29) is 12.6 Å². The highest BCUT2D eigenvalue weighted by molar-refractivity contribution is 5.77. The Balaban J connectivity index is 1.70. The minimum atomic E-state index is -0.681. The number of esters is 1.